The van der Waals surface area contributed by atoms with Crippen molar-refractivity contribution in [2.45, 2.75) is 6.04 Å². The first-order valence-corrected chi connectivity index (χ1v) is 10.5. The number of nitrogen functional groups attached to an aromatic ring is 1. The van der Waals surface area contributed by atoms with Crippen molar-refractivity contribution in [3.63, 3.8) is 0 Å². The number of halogens is 3. The summed E-state index contributed by atoms with van der Waals surface area (Å²) in [5.74, 6) is -2.27. The van der Waals surface area contributed by atoms with E-state index in [0.29, 0.717) is 19.2 Å². The number of piperazine rings is 1. The van der Waals surface area contributed by atoms with Gasteiger partial charge < -0.3 is 10.6 Å². The van der Waals surface area contributed by atoms with Gasteiger partial charge in [0.15, 0.2) is 0 Å². The van der Waals surface area contributed by atoms with Crippen molar-refractivity contribution in [1.82, 2.24) is 9.80 Å². The Hall–Kier alpha value is -3.92. The molecule has 10 heteroatoms. The van der Waals surface area contributed by atoms with E-state index >= 15 is 0 Å². The molecule has 1 heterocycles. The van der Waals surface area contributed by atoms with Crippen LogP contribution in [0.4, 0.5) is 24.5 Å². The summed E-state index contributed by atoms with van der Waals surface area (Å²) in [6, 6.07) is 13.3. The number of benzene rings is 3. The van der Waals surface area contributed by atoms with Gasteiger partial charge in [0.1, 0.15) is 23.1 Å². The average Bonchev–Trinajstić information content (AvgIpc) is 2.83. The van der Waals surface area contributed by atoms with Crippen LogP contribution in [0.25, 0.3) is 0 Å². The van der Waals surface area contributed by atoms with E-state index in [4.69, 9.17) is 5.73 Å². The summed E-state index contributed by atoms with van der Waals surface area (Å²) < 4.78 is 40.9. The fourth-order valence-corrected chi connectivity index (χ4v) is 4.19. The number of carbonyl (C=O) groups excluding carboxylic acids is 1. The molecule has 0 unspecified atom stereocenters. The molecule has 0 bridgehead atoms. The fourth-order valence-electron chi connectivity index (χ4n) is 4.19. The van der Waals surface area contributed by atoms with Crippen LogP contribution in [-0.2, 0) is 0 Å². The molecule has 0 aliphatic carbocycles. The van der Waals surface area contributed by atoms with E-state index < -0.39 is 22.3 Å². The molecule has 1 amide bonds. The third kappa shape index (κ3) is 4.72. The molecule has 4 rings (SSSR count). The predicted octanol–water partition coefficient (Wildman–Crippen LogP) is 4.14. The van der Waals surface area contributed by atoms with Crippen LogP contribution in [0.15, 0.2) is 60.7 Å². The van der Waals surface area contributed by atoms with Gasteiger partial charge in [0.2, 0.25) is 0 Å². The Morgan fingerprint density at radius 2 is 1.35 bits per heavy atom. The monoisotopic (exact) mass is 470 g/mol. The van der Waals surface area contributed by atoms with Gasteiger partial charge in [-0.3, -0.25) is 19.8 Å². The molecule has 0 aromatic heterocycles. The van der Waals surface area contributed by atoms with E-state index in [9.17, 15) is 28.1 Å². The quantitative estimate of drug-likeness (QED) is 0.344. The third-order valence-corrected chi connectivity index (χ3v) is 5.89. The highest BCUT2D eigenvalue weighted by Crippen LogP contribution is 2.31. The summed E-state index contributed by atoms with van der Waals surface area (Å²) >= 11 is 0. The molecule has 7 nitrogen and oxygen atoms in total. The van der Waals surface area contributed by atoms with Gasteiger partial charge in [-0.2, -0.15) is 0 Å². The van der Waals surface area contributed by atoms with Crippen molar-refractivity contribution in [2.24, 2.45) is 0 Å². The van der Waals surface area contributed by atoms with E-state index in [1.165, 1.54) is 29.2 Å². The largest absolute Gasteiger partial charge is 0.393 e. The van der Waals surface area contributed by atoms with Crippen LogP contribution >= 0.6 is 0 Å². The second kappa shape index (κ2) is 9.52. The Morgan fingerprint density at radius 1 is 0.853 bits per heavy atom. The molecule has 34 heavy (non-hydrogen) atoms. The first-order chi connectivity index (χ1) is 16.2. The van der Waals surface area contributed by atoms with Crippen LogP contribution < -0.4 is 5.73 Å². The number of anilines is 1. The molecule has 0 spiro atoms. The second-order valence-electron chi connectivity index (χ2n) is 7.98. The SMILES string of the molecule is Nc1c(C(=O)N2CCN(C(c3ccc(F)cc3)c3ccc(F)cc3)CC2)cc(F)cc1[N+](=O)[O-]. The minimum atomic E-state index is -0.921. The van der Waals surface area contributed by atoms with E-state index in [-0.39, 0.29) is 42.0 Å². The maximum absolute atomic E-state index is 13.9. The maximum Gasteiger partial charge on any atom is 0.295 e. The molecule has 2 N–H and O–H groups in total. The van der Waals surface area contributed by atoms with Gasteiger partial charge in [-0.1, -0.05) is 24.3 Å². The minimum Gasteiger partial charge on any atom is -0.393 e. The highest BCUT2D eigenvalue weighted by atomic mass is 19.1. The van der Waals surface area contributed by atoms with Crippen LogP contribution in [0.3, 0.4) is 0 Å². The number of nitro groups is 1. The Bertz CT molecular complexity index is 1170. The third-order valence-electron chi connectivity index (χ3n) is 5.89. The summed E-state index contributed by atoms with van der Waals surface area (Å²) in [6.45, 7) is 1.31. The number of amides is 1. The van der Waals surface area contributed by atoms with Crippen molar-refractivity contribution in [3.8, 4) is 0 Å². The number of nitrogens with zero attached hydrogens (tertiary/aromatic N) is 3. The van der Waals surface area contributed by atoms with Gasteiger partial charge in [0.25, 0.3) is 11.6 Å². The van der Waals surface area contributed by atoms with Gasteiger partial charge >= 0.3 is 0 Å². The van der Waals surface area contributed by atoms with Crippen molar-refractivity contribution >= 4 is 17.3 Å². The molecule has 176 valence electrons. The van der Waals surface area contributed by atoms with Crippen LogP contribution in [0, 0.1) is 27.6 Å². The zero-order chi connectivity index (χ0) is 24.4. The Kier molecular flexibility index (Phi) is 6.51. The Balaban J connectivity index is 1.56. The van der Waals surface area contributed by atoms with Gasteiger partial charge in [0.05, 0.1) is 22.6 Å². The molecule has 1 aliphatic heterocycles. The molecule has 1 fully saturated rings. The number of hydrogen-bond acceptors (Lipinski definition) is 5. The van der Waals surface area contributed by atoms with E-state index in [1.54, 1.807) is 24.3 Å². The van der Waals surface area contributed by atoms with Crippen LogP contribution in [-0.4, -0.2) is 46.8 Å². The van der Waals surface area contributed by atoms with Crippen molar-refractivity contribution < 1.29 is 22.9 Å². The lowest BCUT2D eigenvalue weighted by Crippen LogP contribution is -2.50. The van der Waals surface area contributed by atoms with E-state index in [2.05, 4.69) is 4.90 Å². The highest BCUT2D eigenvalue weighted by Gasteiger charge is 2.31. The number of rotatable bonds is 5. The number of nitro benzene ring substituents is 1. The molecule has 1 saturated heterocycles. The molecule has 1 aliphatic rings. The Labute approximate surface area is 193 Å². The zero-order valence-electron chi connectivity index (χ0n) is 18.0. The normalized spacial score (nSPS) is 14.4. The molecule has 3 aromatic rings. The van der Waals surface area contributed by atoms with Crippen LogP contribution in [0.5, 0.6) is 0 Å². The molecule has 3 aromatic carbocycles. The van der Waals surface area contributed by atoms with Crippen molar-refractivity contribution in [3.05, 3.63) is 105 Å². The molecule has 0 saturated carbocycles. The standard InChI is InChI=1S/C24H21F3N4O3/c25-17-5-1-15(2-6-17)23(16-3-7-18(26)8-4-16)29-9-11-30(12-10-29)24(32)20-13-19(27)14-21(22(20)28)31(33)34/h1-8,13-14,23H,9-12,28H2. The lowest BCUT2D eigenvalue weighted by Gasteiger charge is -2.40. The molecular formula is C24H21F3N4O3. The summed E-state index contributed by atoms with van der Waals surface area (Å²) in [7, 11) is 0. The predicted molar refractivity (Wildman–Crippen MR) is 120 cm³/mol. The van der Waals surface area contributed by atoms with Gasteiger partial charge in [-0.25, -0.2) is 13.2 Å². The number of hydrogen-bond donors (Lipinski definition) is 1. The van der Waals surface area contributed by atoms with Gasteiger partial charge in [-0.15, -0.1) is 0 Å². The average molecular weight is 470 g/mol. The summed E-state index contributed by atoms with van der Waals surface area (Å²) in [5.41, 5.74) is 6.10. The maximum atomic E-state index is 13.9. The van der Waals surface area contributed by atoms with E-state index in [0.717, 1.165) is 17.2 Å². The highest BCUT2D eigenvalue weighted by molar-refractivity contribution is 6.01. The second-order valence-corrected chi connectivity index (χ2v) is 7.98. The smallest absolute Gasteiger partial charge is 0.295 e. The first kappa shape index (κ1) is 23.2. The molecular weight excluding hydrogens is 449 g/mol. The first-order valence-electron chi connectivity index (χ1n) is 10.5. The Morgan fingerprint density at radius 3 is 1.82 bits per heavy atom. The van der Waals surface area contributed by atoms with Crippen LogP contribution in [0.1, 0.15) is 27.5 Å². The van der Waals surface area contributed by atoms with Gasteiger partial charge in [-0.05, 0) is 41.5 Å². The summed E-state index contributed by atoms with van der Waals surface area (Å²) in [4.78, 5) is 26.8. The number of carbonyl (C=O) groups is 1. The summed E-state index contributed by atoms with van der Waals surface area (Å²) in [5, 5.41) is 11.1. The number of nitrogens with two attached hydrogens (primary N) is 1. The minimum absolute atomic E-state index is 0.251. The van der Waals surface area contributed by atoms with Crippen molar-refractivity contribution in [2.75, 3.05) is 31.9 Å². The molecule has 0 atom stereocenters. The van der Waals surface area contributed by atoms with Crippen LogP contribution in [0.2, 0.25) is 0 Å². The van der Waals surface area contributed by atoms with E-state index in [1.807, 2.05) is 0 Å². The zero-order valence-corrected chi connectivity index (χ0v) is 18.0. The topological polar surface area (TPSA) is 92.7 Å². The summed E-state index contributed by atoms with van der Waals surface area (Å²) in [6.07, 6.45) is 0. The molecule has 0 radical (unpaired) electrons. The lowest BCUT2D eigenvalue weighted by atomic mass is 9.96. The lowest BCUT2D eigenvalue weighted by molar-refractivity contribution is -0.384. The van der Waals surface area contributed by atoms with Gasteiger partial charge in [0, 0.05) is 26.2 Å². The fraction of sp³-hybridized carbons (Fsp3) is 0.208. The van der Waals surface area contributed by atoms with Crippen molar-refractivity contribution in [1.29, 1.82) is 0 Å².